The van der Waals surface area contributed by atoms with Crippen molar-refractivity contribution in [2.24, 2.45) is 17.8 Å². The Morgan fingerprint density at radius 3 is 2.58 bits per heavy atom. The fourth-order valence-electron chi connectivity index (χ4n) is 3.14. The maximum atomic E-state index is 3.70. The number of hydrogen-bond donors (Lipinski definition) is 1. The third-order valence-electron chi connectivity index (χ3n) is 3.98. The van der Waals surface area contributed by atoms with Crippen LogP contribution in [0.1, 0.15) is 39.5 Å². The molecule has 0 spiro atoms. The predicted octanol–water partition coefficient (Wildman–Crippen LogP) is 2.42. The maximum Gasteiger partial charge on any atom is 0.0123 e. The Hall–Kier alpha value is -0.0400. The zero-order valence-electron chi connectivity index (χ0n) is 8.34. The van der Waals surface area contributed by atoms with Crippen LogP contribution in [-0.4, -0.2) is 12.6 Å². The number of piperidine rings is 1. The molecular weight excluding hydrogens is 146 g/mol. The van der Waals surface area contributed by atoms with Crippen molar-refractivity contribution in [2.45, 2.75) is 45.6 Å². The van der Waals surface area contributed by atoms with Gasteiger partial charge in [-0.25, -0.2) is 0 Å². The molecule has 0 aromatic heterocycles. The smallest absolute Gasteiger partial charge is 0.0123 e. The van der Waals surface area contributed by atoms with E-state index in [1.807, 2.05) is 0 Å². The molecule has 1 aliphatic heterocycles. The molecule has 1 aliphatic carbocycles. The molecule has 2 fully saturated rings. The van der Waals surface area contributed by atoms with E-state index in [-0.39, 0.29) is 0 Å². The molecule has 12 heavy (non-hydrogen) atoms. The van der Waals surface area contributed by atoms with Crippen molar-refractivity contribution in [3.05, 3.63) is 0 Å². The fourth-order valence-corrected chi connectivity index (χ4v) is 3.14. The van der Waals surface area contributed by atoms with E-state index in [4.69, 9.17) is 0 Å². The van der Waals surface area contributed by atoms with Gasteiger partial charge in [0.2, 0.25) is 0 Å². The van der Waals surface area contributed by atoms with Gasteiger partial charge in [-0.1, -0.05) is 20.3 Å². The van der Waals surface area contributed by atoms with E-state index in [9.17, 15) is 0 Å². The topological polar surface area (TPSA) is 12.0 Å². The van der Waals surface area contributed by atoms with Crippen LogP contribution in [0.3, 0.4) is 0 Å². The highest BCUT2D eigenvalue weighted by Gasteiger charge is 2.35. The second-order valence-corrected chi connectivity index (χ2v) is 4.82. The van der Waals surface area contributed by atoms with Gasteiger partial charge in [-0.3, -0.25) is 0 Å². The Kier molecular flexibility index (Phi) is 2.40. The fraction of sp³-hybridized carbons (Fsp3) is 1.00. The first kappa shape index (κ1) is 8.55. The summed E-state index contributed by atoms with van der Waals surface area (Å²) in [5, 5.41) is 3.70. The summed E-state index contributed by atoms with van der Waals surface area (Å²) in [4.78, 5) is 0. The first-order valence-corrected chi connectivity index (χ1v) is 5.52. The molecule has 1 saturated carbocycles. The first-order chi connectivity index (χ1) is 5.79. The summed E-state index contributed by atoms with van der Waals surface area (Å²) in [5.74, 6) is 2.88. The largest absolute Gasteiger partial charge is 0.313 e. The lowest BCUT2D eigenvalue weighted by molar-refractivity contribution is 0.109. The lowest BCUT2D eigenvalue weighted by atomic mass is 9.69. The van der Waals surface area contributed by atoms with Crippen molar-refractivity contribution in [3.63, 3.8) is 0 Å². The van der Waals surface area contributed by atoms with Gasteiger partial charge < -0.3 is 5.32 Å². The Labute approximate surface area is 75.9 Å². The van der Waals surface area contributed by atoms with E-state index >= 15 is 0 Å². The molecule has 70 valence electrons. The molecule has 0 bridgehead atoms. The van der Waals surface area contributed by atoms with Gasteiger partial charge >= 0.3 is 0 Å². The Morgan fingerprint density at radius 1 is 1.00 bits per heavy atom. The highest BCUT2D eigenvalue weighted by molar-refractivity contribution is 4.91. The summed E-state index contributed by atoms with van der Waals surface area (Å²) >= 11 is 0. The average Bonchev–Trinajstić information content (AvgIpc) is 2.07. The van der Waals surface area contributed by atoms with Crippen LogP contribution >= 0.6 is 0 Å². The summed E-state index contributed by atoms with van der Waals surface area (Å²) in [7, 11) is 0. The SMILES string of the molecule is CC1CCNC2C(C)CCCC12. The molecule has 1 saturated heterocycles. The molecule has 1 nitrogen and oxygen atoms in total. The monoisotopic (exact) mass is 167 g/mol. The van der Waals surface area contributed by atoms with Crippen molar-refractivity contribution in [1.82, 2.24) is 5.32 Å². The molecule has 1 heterocycles. The van der Waals surface area contributed by atoms with Crippen LogP contribution in [0.5, 0.6) is 0 Å². The van der Waals surface area contributed by atoms with Crippen LogP contribution < -0.4 is 5.32 Å². The lowest BCUT2D eigenvalue weighted by Crippen LogP contribution is -2.50. The van der Waals surface area contributed by atoms with Gasteiger partial charge in [0.1, 0.15) is 0 Å². The summed E-state index contributed by atoms with van der Waals surface area (Å²) < 4.78 is 0. The lowest BCUT2D eigenvalue weighted by Gasteiger charge is -2.44. The summed E-state index contributed by atoms with van der Waals surface area (Å²) in [5.41, 5.74) is 0. The first-order valence-electron chi connectivity index (χ1n) is 5.52. The maximum absolute atomic E-state index is 3.70. The van der Waals surface area contributed by atoms with Crippen LogP contribution in [0.25, 0.3) is 0 Å². The second kappa shape index (κ2) is 3.37. The van der Waals surface area contributed by atoms with Crippen LogP contribution in [0, 0.1) is 17.8 Å². The Balaban J connectivity index is 2.05. The molecule has 0 aromatic carbocycles. The molecule has 4 unspecified atom stereocenters. The molecule has 2 aliphatic rings. The molecule has 1 heteroatoms. The van der Waals surface area contributed by atoms with Gasteiger partial charge in [0, 0.05) is 6.04 Å². The predicted molar refractivity (Wildman–Crippen MR) is 52.1 cm³/mol. The highest BCUT2D eigenvalue weighted by Crippen LogP contribution is 2.37. The minimum absolute atomic E-state index is 0.850. The molecule has 1 N–H and O–H groups in total. The molecule has 0 amide bonds. The zero-order chi connectivity index (χ0) is 8.55. The third kappa shape index (κ3) is 1.39. The van der Waals surface area contributed by atoms with Crippen LogP contribution in [-0.2, 0) is 0 Å². The second-order valence-electron chi connectivity index (χ2n) is 4.82. The average molecular weight is 167 g/mol. The quantitative estimate of drug-likeness (QED) is 0.584. The van der Waals surface area contributed by atoms with E-state index in [0.29, 0.717) is 0 Å². The van der Waals surface area contributed by atoms with Gasteiger partial charge in [0.25, 0.3) is 0 Å². The van der Waals surface area contributed by atoms with Crippen LogP contribution in [0.2, 0.25) is 0 Å². The highest BCUT2D eigenvalue weighted by atomic mass is 14.9. The number of hydrogen-bond acceptors (Lipinski definition) is 1. The number of rotatable bonds is 0. The van der Waals surface area contributed by atoms with Crippen molar-refractivity contribution < 1.29 is 0 Å². The van der Waals surface area contributed by atoms with Crippen molar-refractivity contribution in [1.29, 1.82) is 0 Å². The summed E-state index contributed by atoms with van der Waals surface area (Å²) in [6.07, 6.45) is 5.78. The van der Waals surface area contributed by atoms with E-state index in [2.05, 4.69) is 19.2 Å². The third-order valence-corrected chi connectivity index (χ3v) is 3.98. The van der Waals surface area contributed by atoms with Crippen molar-refractivity contribution in [3.8, 4) is 0 Å². The molecule has 4 atom stereocenters. The van der Waals surface area contributed by atoms with E-state index in [1.165, 1.54) is 32.2 Å². The molecule has 0 radical (unpaired) electrons. The minimum Gasteiger partial charge on any atom is -0.313 e. The number of nitrogens with one attached hydrogen (secondary N) is 1. The normalized spacial score (nSPS) is 48.5. The molecular formula is C11H21N. The number of fused-ring (bicyclic) bond motifs is 1. The zero-order valence-corrected chi connectivity index (χ0v) is 8.34. The van der Waals surface area contributed by atoms with Gasteiger partial charge in [-0.2, -0.15) is 0 Å². The summed E-state index contributed by atoms with van der Waals surface area (Å²) in [6.45, 7) is 6.12. The van der Waals surface area contributed by atoms with E-state index in [1.54, 1.807) is 0 Å². The van der Waals surface area contributed by atoms with E-state index < -0.39 is 0 Å². The Morgan fingerprint density at radius 2 is 1.83 bits per heavy atom. The standard InChI is InChI=1S/C11H21N/c1-8-6-7-12-11-9(2)4-3-5-10(8)11/h8-12H,3-7H2,1-2H3. The summed E-state index contributed by atoms with van der Waals surface area (Å²) in [6, 6.07) is 0.850. The van der Waals surface area contributed by atoms with Gasteiger partial charge in [-0.15, -0.1) is 0 Å². The Bertz CT molecular complexity index is 137. The van der Waals surface area contributed by atoms with Crippen LogP contribution in [0.15, 0.2) is 0 Å². The van der Waals surface area contributed by atoms with Gasteiger partial charge in [-0.05, 0) is 43.6 Å². The molecule has 0 aromatic rings. The van der Waals surface area contributed by atoms with Gasteiger partial charge in [0.05, 0.1) is 0 Å². The van der Waals surface area contributed by atoms with Crippen molar-refractivity contribution >= 4 is 0 Å². The minimum atomic E-state index is 0.850. The van der Waals surface area contributed by atoms with Gasteiger partial charge in [0.15, 0.2) is 0 Å². The van der Waals surface area contributed by atoms with Crippen LogP contribution in [0.4, 0.5) is 0 Å². The van der Waals surface area contributed by atoms with Crippen molar-refractivity contribution in [2.75, 3.05) is 6.54 Å². The van der Waals surface area contributed by atoms with E-state index in [0.717, 1.165) is 23.8 Å². The molecule has 2 rings (SSSR count).